The average Bonchev–Trinajstić information content (AvgIpc) is 2.18. The number of aromatic nitrogens is 2. The smallest absolute Gasteiger partial charge is 0.199 e. The molecule has 0 amide bonds. The summed E-state index contributed by atoms with van der Waals surface area (Å²) >= 11 is 0. The Kier molecular flexibility index (Phi) is 3.45. The molecule has 0 N–H and O–H groups in total. The van der Waals surface area contributed by atoms with Crippen molar-refractivity contribution in [2.24, 2.45) is 9.98 Å². The van der Waals surface area contributed by atoms with Gasteiger partial charge in [-0.15, -0.1) is 5.10 Å². The van der Waals surface area contributed by atoms with Crippen molar-refractivity contribution in [2.75, 3.05) is 0 Å². The van der Waals surface area contributed by atoms with E-state index in [0.29, 0.717) is 11.7 Å². The molecular weight excluding hydrogens is 176 g/mol. The van der Waals surface area contributed by atoms with Gasteiger partial charge in [-0.1, -0.05) is 13.8 Å². The lowest BCUT2D eigenvalue weighted by atomic mass is 10.1. The van der Waals surface area contributed by atoms with E-state index in [4.69, 9.17) is 0 Å². The van der Waals surface area contributed by atoms with Gasteiger partial charge in [0, 0.05) is 6.21 Å². The van der Waals surface area contributed by atoms with Crippen molar-refractivity contribution in [1.82, 2.24) is 10.2 Å². The van der Waals surface area contributed by atoms with Crippen LogP contribution in [-0.4, -0.2) is 23.1 Å². The molecule has 1 heterocycles. The van der Waals surface area contributed by atoms with Crippen LogP contribution in [0.5, 0.6) is 0 Å². The molecule has 4 heteroatoms. The maximum Gasteiger partial charge on any atom is 0.199 e. The normalized spacial score (nSPS) is 11.1. The molecule has 0 aliphatic heterocycles. The Morgan fingerprint density at radius 3 is 2.64 bits per heavy atom. The van der Waals surface area contributed by atoms with Crippen molar-refractivity contribution in [1.29, 1.82) is 0 Å². The lowest BCUT2D eigenvalue weighted by Gasteiger charge is -2.04. The van der Waals surface area contributed by atoms with Crippen LogP contribution in [0.3, 0.4) is 0 Å². The van der Waals surface area contributed by atoms with Crippen LogP contribution in [-0.2, 0) is 0 Å². The molecule has 1 rings (SSSR count). The van der Waals surface area contributed by atoms with Gasteiger partial charge in [0.1, 0.15) is 5.69 Å². The van der Waals surface area contributed by atoms with Crippen LogP contribution in [0.1, 0.15) is 32.4 Å². The van der Waals surface area contributed by atoms with Crippen molar-refractivity contribution in [3.05, 3.63) is 11.8 Å². The van der Waals surface area contributed by atoms with Gasteiger partial charge < -0.3 is 0 Å². The minimum absolute atomic E-state index is 0.340. The second kappa shape index (κ2) is 4.60. The van der Waals surface area contributed by atoms with Crippen molar-refractivity contribution in [3.8, 4) is 0 Å². The van der Waals surface area contributed by atoms with E-state index in [0.717, 1.165) is 11.4 Å². The fraction of sp³-hybridized carbons (Fsp3) is 0.400. The molecule has 0 aromatic carbocycles. The van der Waals surface area contributed by atoms with Crippen molar-refractivity contribution in [2.45, 2.75) is 26.7 Å². The maximum atomic E-state index is 4.16. The number of nitrogens with zero attached hydrogens (tertiary/aromatic N) is 4. The summed E-state index contributed by atoms with van der Waals surface area (Å²) in [5.74, 6) is 0.819. The molecule has 4 nitrogen and oxygen atoms in total. The van der Waals surface area contributed by atoms with E-state index in [1.807, 2.05) is 13.0 Å². The zero-order chi connectivity index (χ0) is 10.6. The highest BCUT2D eigenvalue weighted by Crippen LogP contribution is 2.26. The van der Waals surface area contributed by atoms with Crippen LogP contribution < -0.4 is 0 Å². The molecule has 0 saturated carbocycles. The summed E-state index contributed by atoms with van der Waals surface area (Å²) in [5, 5.41) is 7.98. The molecule has 0 fully saturated rings. The highest BCUT2D eigenvalue weighted by molar-refractivity contribution is 5.67. The zero-order valence-corrected chi connectivity index (χ0v) is 8.73. The van der Waals surface area contributed by atoms with E-state index < -0.39 is 0 Å². The first-order chi connectivity index (χ1) is 6.69. The van der Waals surface area contributed by atoms with Crippen LogP contribution in [0.4, 0.5) is 11.5 Å². The maximum absolute atomic E-state index is 4.16. The van der Waals surface area contributed by atoms with Crippen molar-refractivity contribution in [3.63, 3.8) is 0 Å². The highest BCUT2D eigenvalue weighted by Gasteiger charge is 2.06. The van der Waals surface area contributed by atoms with Crippen molar-refractivity contribution < 1.29 is 0 Å². The van der Waals surface area contributed by atoms with Crippen LogP contribution in [0.15, 0.2) is 16.1 Å². The van der Waals surface area contributed by atoms with Gasteiger partial charge in [0.15, 0.2) is 5.82 Å². The topological polar surface area (TPSA) is 50.5 Å². The zero-order valence-electron chi connectivity index (χ0n) is 8.73. The quantitative estimate of drug-likeness (QED) is 0.688. The number of aliphatic imine (C=N–C) groups is 2. The second-order valence-electron chi connectivity index (χ2n) is 3.18. The van der Waals surface area contributed by atoms with Crippen LogP contribution in [0, 0.1) is 0 Å². The fourth-order valence-electron chi connectivity index (χ4n) is 1.02. The van der Waals surface area contributed by atoms with Gasteiger partial charge in [-0.3, -0.25) is 4.99 Å². The largest absolute Gasteiger partial charge is 0.257 e. The van der Waals surface area contributed by atoms with Gasteiger partial charge in [-0.05, 0) is 25.6 Å². The number of hydrogen-bond acceptors (Lipinski definition) is 4. The molecular formula is C10H14N4. The lowest BCUT2D eigenvalue weighted by molar-refractivity contribution is 0.786. The van der Waals surface area contributed by atoms with Gasteiger partial charge in [0.25, 0.3) is 0 Å². The Balaban J connectivity index is 3.20. The van der Waals surface area contributed by atoms with Crippen LogP contribution >= 0.6 is 0 Å². The van der Waals surface area contributed by atoms with E-state index >= 15 is 0 Å². The second-order valence-corrected chi connectivity index (χ2v) is 3.18. The summed E-state index contributed by atoms with van der Waals surface area (Å²) < 4.78 is 0. The minimum atomic E-state index is 0.340. The third-order valence-electron chi connectivity index (χ3n) is 1.78. The van der Waals surface area contributed by atoms with E-state index in [-0.39, 0.29) is 0 Å². The Morgan fingerprint density at radius 2 is 2.14 bits per heavy atom. The summed E-state index contributed by atoms with van der Waals surface area (Å²) in [5.41, 5.74) is 1.64. The van der Waals surface area contributed by atoms with Gasteiger partial charge in [0.05, 0.1) is 5.69 Å². The summed E-state index contributed by atoms with van der Waals surface area (Å²) in [6.45, 7) is 9.39. The van der Waals surface area contributed by atoms with E-state index in [2.05, 4.69) is 40.7 Å². The summed E-state index contributed by atoms with van der Waals surface area (Å²) in [6, 6.07) is 1.89. The van der Waals surface area contributed by atoms with Gasteiger partial charge >= 0.3 is 0 Å². The minimum Gasteiger partial charge on any atom is -0.257 e. The summed E-state index contributed by atoms with van der Waals surface area (Å²) in [4.78, 5) is 7.91. The van der Waals surface area contributed by atoms with E-state index in [1.165, 1.54) is 0 Å². The molecule has 1 aromatic heterocycles. The molecule has 74 valence electrons. The Hall–Kier alpha value is -1.58. The molecule has 0 spiro atoms. The molecule has 0 aliphatic rings. The molecule has 0 radical (unpaired) electrons. The Labute approximate surface area is 83.8 Å². The first kappa shape index (κ1) is 10.5. The van der Waals surface area contributed by atoms with Gasteiger partial charge in [0.2, 0.25) is 0 Å². The number of rotatable bonds is 3. The van der Waals surface area contributed by atoms with Gasteiger partial charge in [-0.2, -0.15) is 5.10 Å². The highest BCUT2D eigenvalue weighted by atomic mass is 15.2. The lowest BCUT2D eigenvalue weighted by Crippen LogP contribution is -1.94. The number of hydrogen-bond donors (Lipinski definition) is 0. The Morgan fingerprint density at radius 1 is 1.43 bits per heavy atom. The fourth-order valence-corrected chi connectivity index (χ4v) is 1.02. The third-order valence-corrected chi connectivity index (χ3v) is 1.78. The predicted octanol–water partition coefficient (Wildman–Crippen LogP) is 2.65. The molecule has 1 aromatic rings. The van der Waals surface area contributed by atoms with Crippen molar-refractivity contribution >= 4 is 24.4 Å². The predicted molar refractivity (Wildman–Crippen MR) is 59.2 cm³/mol. The van der Waals surface area contributed by atoms with E-state index in [1.54, 1.807) is 6.21 Å². The summed E-state index contributed by atoms with van der Waals surface area (Å²) in [7, 11) is 0. The SMILES string of the molecule is C=Nc1nnc(C(C)C)cc1N=CC. The molecule has 0 bridgehead atoms. The molecule has 14 heavy (non-hydrogen) atoms. The van der Waals surface area contributed by atoms with Gasteiger partial charge in [-0.25, -0.2) is 4.99 Å². The summed E-state index contributed by atoms with van der Waals surface area (Å²) in [6.07, 6.45) is 1.70. The molecule has 0 atom stereocenters. The molecule has 0 saturated heterocycles. The molecule has 0 aliphatic carbocycles. The average molecular weight is 190 g/mol. The Bertz CT molecular complexity index is 355. The monoisotopic (exact) mass is 190 g/mol. The first-order valence-electron chi connectivity index (χ1n) is 4.52. The van der Waals surface area contributed by atoms with E-state index in [9.17, 15) is 0 Å². The first-order valence-corrected chi connectivity index (χ1v) is 4.52. The van der Waals surface area contributed by atoms with Crippen LogP contribution in [0.2, 0.25) is 0 Å². The molecule has 0 unspecified atom stereocenters. The third kappa shape index (κ3) is 2.22. The van der Waals surface area contributed by atoms with Crippen LogP contribution in [0.25, 0.3) is 0 Å². The standard InChI is InChI=1S/C10H14N4/c1-5-12-9-6-8(7(2)3)13-14-10(9)11-4/h5-7H,4H2,1-3H3.